The van der Waals surface area contributed by atoms with E-state index < -0.39 is 0 Å². The van der Waals surface area contributed by atoms with Gasteiger partial charge in [0.25, 0.3) is 0 Å². The van der Waals surface area contributed by atoms with Gasteiger partial charge in [-0.3, -0.25) is 4.79 Å². The summed E-state index contributed by atoms with van der Waals surface area (Å²) in [7, 11) is 3.24. The highest BCUT2D eigenvalue weighted by atomic mass is 16.7. The number of hydrogen-bond acceptors (Lipinski definition) is 4. The van der Waals surface area contributed by atoms with Gasteiger partial charge in [-0.1, -0.05) is 12.2 Å². The molecule has 0 N–H and O–H groups in total. The molecule has 1 aliphatic carbocycles. The van der Waals surface area contributed by atoms with Gasteiger partial charge in [-0.25, -0.2) is 0 Å². The van der Waals surface area contributed by atoms with Gasteiger partial charge in [0.1, 0.15) is 0 Å². The predicted molar refractivity (Wildman–Crippen MR) is 62.3 cm³/mol. The topological polar surface area (TPSA) is 44.8 Å². The number of carbonyl (C=O) groups excluding carboxylic acids is 1. The van der Waals surface area contributed by atoms with E-state index in [0.29, 0.717) is 12.5 Å². The minimum absolute atomic E-state index is 0.0437. The molecule has 0 aromatic heterocycles. The molecule has 4 heteroatoms. The molecule has 1 aliphatic heterocycles. The fourth-order valence-corrected chi connectivity index (χ4v) is 2.86. The molecule has 0 aromatic rings. The Morgan fingerprint density at radius 1 is 1.47 bits per heavy atom. The van der Waals surface area contributed by atoms with Crippen LogP contribution in [0.4, 0.5) is 0 Å². The molecular weight excluding hydrogens is 220 g/mol. The number of ether oxygens (including phenoxy) is 3. The molecule has 17 heavy (non-hydrogen) atoms. The Bertz CT molecular complexity index is 309. The summed E-state index contributed by atoms with van der Waals surface area (Å²) in [6.07, 6.45) is 7.24. The normalized spacial score (nSPS) is 31.7. The van der Waals surface area contributed by atoms with E-state index in [1.807, 2.05) is 0 Å². The molecule has 0 amide bonds. The van der Waals surface area contributed by atoms with E-state index in [1.165, 1.54) is 0 Å². The molecule has 96 valence electrons. The van der Waals surface area contributed by atoms with Crippen LogP contribution in [0.5, 0.6) is 0 Å². The van der Waals surface area contributed by atoms with Gasteiger partial charge < -0.3 is 14.2 Å². The Morgan fingerprint density at radius 3 is 2.94 bits per heavy atom. The lowest BCUT2D eigenvalue weighted by molar-refractivity contribution is -0.149. The summed E-state index contributed by atoms with van der Waals surface area (Å²) in [5, 5.41) is 0. The first-order valence-electron chi connectivity index (χ1n) is 6.11. The second-order valence-electron chi connectivity index (χ2n) is 4.80. The predicted octanol–water partition coefficient (Wildman–Crippen LogP) is 1.89. The van der Waals surface area contributed by atoms with E-state index in [2.05, 4.69) is 12.2 Å². The number of esters is 1. The lowest BCUT2D eigenvalue weighted by Crippen LogP contribution is -2.35. The van der Waals surface area contributed by atoms with Crippen LogP contribution >= 0.6 is 0 Å². The monoisotopic (exact) mass is 240 g/mol. The minimum atomic E-state index is -0.329. The van der Waals surface area contributed by atoms with Crippen LogP contribution in [0.3, 0.4) is 0 Å². The van der Waals surface area contributed by atoms with E-state index >= 15 is 0 Å². The average molecular weight is 240 g/mol. The molecule has 0 bridgehead atoms. The van der Waals surface area contributed by atoms with Crippen LogP contribution in [0.15, 0.2) is 12.2 Å². The van der Waals surface area contributed by atoms with Crippen LogP contribution in [0.1, 0.15) is 25.7 Å². The van der Waals surface area contributed by atoms with Gasteiger partial charge in [0, 0.05) is 20.1 Å². The Morgan fingerprint density at radius 2 is 2.24 bits per heavy atom. The van der Waals surface area contributed by atoms with E-state index in [9.17, 15) is 4.79 Å². The highest BCUT2D eigenvalue weighted by Gasteiger charge is 2.51. The van der Waals surface area contributed by atoms with Crippen molar-refractivity contribution in [3.8, 4) is 0 Å². The van der Waals surface area contributed by atoms with Crippen molar-refractivity contribution in [3.63, 3.8) is 0 Å². The largest absolute Gasteiger partial charge is 0.465 e. The summed E-state index contributed by atoms with van der Waals surface area (Å²) in [5.74, 6) is 0.284. The van der Waals surface area contributed by atoms with Crippen molar-refractivity contribution >= 4 is 5.97 Å². The molecule has 2 rings (SSSR count). The fourth-order valence-electron chi connectivity index (χ4n) is 2.86. The highest BCUT2D eigenvalue weighted by Crippen LogP contribution is 2.47. The van der Waals surface area contributed by atoms with Crippen LogP contribution in [0, 0.1) is 11.3 Å². The number of hydrogen-bond donors (Lipinski definition) is 0. The first kappa shape index (κ1) is 12.6. The Kier molecular flexibility index (Phi) is 3.84. The van der Waals surface area contributed by atoms with Crippen molar-refractivity contribution < 1.29 is 19.0 Å². The van der Waals surface area contributed by atoms with E-state index in [-0.39, 0.29) is 17.7 Å². The first-order valence-corrected chi connectivity index (χ1v) is 6.11. The third-order valence-electron chi connectivity index (χ3n) is 4.02. The van der Waals surface area contributed by atoms with E-state index in [4.69, 9.17) is 14.2 Å². The summed E-state index contributed by atoms with van der Waals surface area (Å²) < 4.78 is 15.6. The van der Waals surface area contributed by atoms with Crippen molar-refractivity contribution in [1.29, 1.82) is 0 Å². The van der Waals surface area contributed by atoms with Crippen LogP contribution in [-0.4, -0.2) is 33.1 Å². The lowest BCUT2D eigenvalue weighted by atomic mass is 9.68. The second kappa shape index (κ2) is 5.19. The number of fused-ring (bicyclic) bond motifs is 1. The molecule has 4 nitrogen and oxygen atoms in total. The zero-order chi connectivity index (χ0) is 12.3. The maximum absolute atomic E-state index is 12.0. The number of methoxy groups -OCH3 is 2. The molecule has 0 saturated carbocycles. The van der Waals surface area contributed by atoms with Gasteiger partial charge in [-0.15, -0.1) is 0 Å². The van der Waals surface area contributed by atoms with E-state index in [0.717, 1.165) is 25.7 Å². The molecule has 0 aromatic carbocycles. The average Bonchev–Trinajstić information content (AvgIpc) is 2.69. The van der Waals surface area contributed by atoms with Crippen LogP contribution in [0.2, 0.25) is 0 Å². The molecule has 1 saturated heterocycles. The van der Waals surface area contributed by atoms with Crippen LogP contribution in [0.25, 0.3) is 0 Å². The molecule has 2 atom stereocenters. The number of carbonyl (C=O) groups is 1. The van der Waals surface area contributed by atoms with Gasteiger partial charge in [-0.2, -0.15) is 0 Å². The summed E-state index contributed by atoms with van der Waals surface area (Å²) >= 11 is 0. The minimum Gasteiger partial charge on any atom is -0.465 e. The number of rotatable bonds is 5. The van der Waals surface area contributed by atoms with Crippen molar-refractivity contribution in [3.05, 3.63) is 12.2 Å². The summed E-state index contributed by atoms with van der Waals surface area (Å²) in [4.78, 5) is 12.0. The Hall–Kier alpha value is -0.870. The summed E-state index contributed by atoms with van der Waals surface area (Å²) in [5.41, 5.74) is -0.329. The molecule has 0 unspecified atom stereocenters. The van der Waals surface area contributed by atoms with Crippen molar-refractivity contribution in [2.24, 2.45) is 11.3 Å². The number of allylic oxidation sites excluding steroid dienone is 2. The highest BCUT2D eigenvalue weighted by molar-refractivity contribution is 5.79. The third-order valence-corrected chi connectivity index (χ3v) is 4.02. The smallest absolute Gasteiger partial charge is 0.312 e. The standard InChI is InChI=1S/C13H20O4/c1-15-11(16-2)6-8-13-7-4-3-5-10(13)9-17-12(13)14/h3-4,10-11H,5-9H2,1-2H3/t10-,13+/m1/s1. The zero-order valence-corrected chi connectivity index (χ0v) is 10.5. The van der Waals surface area contributed by atoms with Gasteiger partial charge in [0.2, 0.25) is 0 Å². The van der Waals surface area contributed by atoms with Crippen molar-refractivity contribution in [2.75, 3.05) is 20.8 Å². The molecular formula is C13H20O4. The molecule has 0 radical (unpaired) electrons. The molecule has 1 heterocycles. The summed E-state index contributed by atoms with van der Waals surface area (Å²) in [6, 6.07) is 0. The van der Waals surface area contributed by atoms with Crippen molar-refractivity contribution in [1.82, 2.24) is 0 Å². The molecule has 2 aliphatic rings. The maximum atomic E-state index is 12.0. The van der Waals surface area contributed by atoms with Gasteiger partial charge in [-0.05, 0) is 25.7 Å². The third kappa shape index (κ3) is 2.24. The Labute approximate surface area is 102 Å². The molecule has 0 spiro atoms. The fraction of sp³-hybridized carbons (Fsp3) is 0.769. The summed E-state index contributed by atoms with van der Waals surface area (Å²) in [6.45, 7) is 0.563. The Balaban J connectivity index is 2.04. The quantitative estimate of drug-likeness (QED) is 0.418. The second-order valence-corrected chi connectivity index (χ2v) is 4.80. The number of cyclic esters (lactones) is 1. The lowest BCUT2D eigenvalue weighted by Gasteiger charge is -2.33. The molecule has 1 fully saturated rings. The zero-order valence-electron chi connectivity index (χ0n) is 10.5. The SMILES string of the molecule is COC(CC[C@@]12CC=CC[C@@H]1COC2=O)OC. The van der Waals surface area contributed by atoms with Crippen LogP contribution < -0.4 is 0 Å². The van der Waals surface area contributed by atoms with Gasteiger partial charge >= 0.3 is 5.97 Å². The van der Waals surface area contributed by atoms with Crippen LogP contribution in [-0.2, 0) is 19.0 Å². The first-order chi connectivity index (χ1) is 8.23. The van der Waals surface area contributed by atoms with Crippen molar-refractivity contribution in [2.45, 2.75) is 32.0 Å². The maximum Gasteiger partial charge on any atom is 0.312 e. The van der Waals surface area contributed by atoms with Gasteiger partial charge in [0.15, 0.2) is 6.29 Å². The van der Waals surface area contributed by atoms with Gasteiger partial charge in [0.05, 0.1) is 12.0 Å². The van der Waals surface area contributed by atoms with E-state index in [1.54, 1.807) is 14.2 Å².